The van der Waals surface area contributed by atoms with E-state index in [1.54, 1.807) is 11.8 Å². The molecule has 1 rings (SSSR count). The smallest absolute Gasteiger partial charge is 0.232 e. The molecule has 1 fully saturated rings. The third-order valence-electron chi connectivity index (χ3n) is 2.41. The van der Waals surface area contributed by atoms with Crippen LogP contribution in [-0.4, -0.2) is 49.0 Å². The monoisotopic (exact) mass is 238 g/mol. The van der Waals surface area contributed by atoms with Gasteiger partial charge >= 0.3 is 0 Å². The zero-order valence-electron chi connectivity index (χ0n) is 8.78. The Morgan fingerprint density at radius 1 is 1.64 bits per heavy atom. The zero-order chi connectivity index (χ0) is 9.68. The molecule has 0 spiro atoms. The minimum atomic E-state index is 0. The molecule has 1 heterocycles. The van der Waals surface area contributed by atoms with E-state index in [0.717, 1.165) is 25.9 Å². The molecule has 0 saturated carbocycles. The lowest BCUT2D eigenvalue weighted by atomic mass is 10.2. The number of hydrogen-bond acceptors (Lipinski definition) is 3. The quantitative estimate of drug-likeness (QED) is 0.793. The van der Waals surface area contributed by atoms with Gasteiger partial charge in [0.1, 0.15) is 0 Å². The number of amides is 1. The Bertz CT molecular complexity index is 180. The number of nitrogens with one attached hydrogen (secondary N) is 1. The standard InChI is InChI=1S/C9H18N2OS.ClH/c1-10-6-8-4-3-5-11(8)9(12)7-13-2;/h8,10H,3-7H2,1-2H3;1H. The maximum absolute atomic E-state index is 11.6. The van der Waals surface area contributed by atoms with Gasteiger partial charge in [-0.05, 0) is 26.1 Å². The van der Waals surface area contributed by atoms with Crippen LogP contribution < -0.4 is 5.32 Å². The van der Waals surface area contributed by atoms with Crippen molar-refractivity contribution in [3.8, 4) is 0 Å². The first-order valence-electron chi connectivity index (χ1n) is 4.72. The number of carbonyl (C=O) groups excluding carboxylic acids is 1. The molecule has 0 bridgehead atoms. The molecule has 1 aliphatic rings. The Morgan fingerprint density at radius 3 is 2.93 bits per heavy atom. The van der Waals surface area contributed by atoms with Crippen molar-refractivity contribution in [3.05, 3.63) is 0 Å². The van der Waals surface area contributed by atoms with Crippen molar-refractivity contribution < 1.29 is 4.79 Å². The van der Waals surface area contributed by atoms with Gasteiger partial charge in [0.05, 0.1) is 5.75 Å². The molecule has 1 N–H and O–H groups in total. The molecule has 5 heteroatoms. The number of halogens is 1. The Hall–Kier alpha value is 0.0700. The first-order valence-corrected chi connectivity index (χ1v) is 6.12. The van der Waals surface area contributed by atoms with E-state index in [9.17, 15) is 4.79 Å². The second-order valence-corrected chi connectivity index (χ2v) is 4.24. The van der Waals surface area contributed by atoms with Crippen LogP contribution in [0.25, 0.3) is 0 Å². The van der Waals surface area contributed by atoms with Gasteiger partial charge in [0, 0.05) is 19.1 Å². The average molecular weight is 239 g/mol. The van der Waals surface area contributed by atoms with E-state index in [4.69, 9.17) is 0 Å². The molecule has 0 aromatic carbocycles. The van der Waals surface area contributed by atoms with Crippen LogP contribution in [0, 0.1) is 0 Å². The molecule has 1 unspecified atom stereocenters. The molecule has 1 saturated heterocycles. The second kappa shape index (κ2) is 7.37. The number of hydrogen-bond donors (Lipinski definition) is 1. The van der Waals surface area contributed by atoms with Gasteiger partial charge in [-0.3, -0.25) is 4.79 Å². The minimum Gasteiger partial charge on any atom is -0.338 e. The fraction of sp³-hybridized carbons (Fsp3) is 0.889. The highest BCUT2D eigenvalue weighted by Crippen LogP contribution is 2.17. The molecular weight excluding hydrogens is 220 g/mol. The van der Waals surface area contributed by atoms with Crippen molar-refractivity contribution in [2.75, 3.05) is 32.1 Å². The number of likely N-dealkylation sites (N-methyl/N-ethyl adjacent to an activating group) is 1. The van der Waals surface area contributed by atoms with E-state index in [-0.39, 0.29) is 12.4 Å². The van der Waals surface area contributed by atoms with Gasteiger partial charge in [-0.25, -0.2) is 0 Å². The second-order valence-electron chi connectivity index (χ2n) is 3.37. The van der Waals surface area contributed by atoms with E-state index in [1.165, 1.54) is 0 Å². The van der Waals surface area contributed by atoms with Crippen molar-refractivity contribution in [3.63, 3.8) is 0 Å². The third kappa shape index (κ3) is 3.67. The maximum Gasteiger partial charge on any atom is 0.232 e. The fourth-order valence-corrected chi connectivity index (χ4v) is 2.23. The largest absolute Gasteiger partial charge is 0.338 e. The number of carbonyl (C=O) groups is 1. The topological polar surface area (TPSA) is 32.3 Å². The highest BCUT2D eigenvalue weighted by Gasteiger charge is 2.27. The number of thioether (sulfide) groups is 1. The summed E-state index contributed by atoms with van der Waals surface area (Å²) < 4.78 is 0. The summed E-state index contributed by atoms with van der Waals surface area (Å²) in [6, 6.07) is 0.435. The number of nitrogens with zero attached hydrogens (tertiary/aromatic N) is 1. The predicted molar refractivity (Wildman–Crippen MR) is 64.3 cm³/mol. The van der Waals surface area contributed by atoms with Crippen LogP contribution in [0.4, 0.5) is 0 Å². The Balaban J connectivity index is 0.00000169. The molecule has 1 atom stereocenters. The van der Waals surface area contributed by atoms with Gasteiger partial charge in [-0.2, -0.15) is 11.8 Å². The van der Waals surface area contributed by atoms with Gasteiger partial charge in [0.15, 0.2) is 0 Å². The Kier molecular flexibility index (Phi) is 7.41. The summed E-state index contributed by atoms with van der Waals surface area (Å²) in [5.74, 6) is 0.922. The summed E-state index contributed by atoms with van der Waals surface area (Å²) in [4.78, 5) is 13.6. The van der Waals surface area contributed by atoms with Crippen LogP contribution in [-0.2, 0) is 4.79 Å². The van der Waals surface area contributed by atoms with Gasteiger partial charge in [-0.1, -0.05) is 0 Å². The lowest BCUT2D eigenvalue weighted by molar-refractivity contribution is -0.129. The van der Waals surface area contributed by atoms with E-state index >= 15 is 0 Å². The first kappa shape index (κ1) is 14.1. The van der Waals surface area contributed by atoms with Crippen LogP contribution in [0.3, 0.4) is 0 Å². The molecule has 84 valence electrons. The summed E-state index contributed by atoms with van der Waals surface area (Å²) in [6.07, 6.45) is 4.29. The maximum atomic E-state index is 11.6. The highest BCUT2D eigenvalue weighted by molar-refractivity contribution is 7.99. The number of rotatable bonds is 4. The van der Waals surface area contributed by atoms with E-state index in [1.807, 2.05) is 18.2 Å². The van der Waals surface area contributed by atoms with Crippen molar-refractivity contribution in [1.82, 2.24) is 10.2 Å². The Morgan fingerprint density at radius 2 is 2.36 bits per heavy atom. The molecule has 14 heavy (non-hydrogen) atoms. The lowest BCUT2D eigenvalue weighted by Crippen LogP contribution is -2.41. The summed E-state index contributed by atoms with van der Waals surface area (Å²) in [7, 11) is 1.94. The van der Waals surface area contributed by atoms with Gasteiger partial charge < -0.3 is 10.2 Å². The van der Waals surface area contributed by atoms with Crippen LogP contribution in [0.1, 0.15) is 12.8 Å². The minimum absolute atomic E-state index is 0. The average Bonchev–Trinajstić information content (AvgIpc) is 2.54. The third-order valence-corrected chi connectivity index (χ3v) is 2.94. The summed E-state index contributed by atoms with van der Waals surface area (Å²) >= 11 is 1.61. The SMILES string of the molecule is CNCC1CCCN1C(=O)CSC.Cl. The molecule has 0 aromatic heterocycles. The van der Waals surface area contributed by atoms with Crippen LogP contribution >= 0.6 is 24.2 Å². The van der Waals surface area contributed by atoms with Crippen LogP contribution in [0.5, 0.6) is 0 Å². The van der Waals surface area contributed by atoms with Crippen molar-refractivity contribution >= 4 is 30.1 Å². The molecule has 1 amide bonds. The molecule has 3 nitrogen and oxygen atoms in total. The van der Waals surface area contributed by atoms with Crippen LogP contribution in [0.2, 0.25) is 0 Å². The number of likely N-dealkylation sites (tertiary alicyclic amines) is 1. The molecule has 0 radical (unpaired) electrons. The van der Waals surface area contributed by atoms with Crippen molar-refractivity contribution in [2.45, 2.75) is 18.9 Å². The van der Waals surface area contributed by atoms with Crippen molar-refractivity contribution in [1.29, 1.82) is 0 Å². The molecule has 0 aliphatic carbocycles. The van der Waals surface area contributed by atoms with Gasteiger partial charge in [-0.15, -0.1) is 12.4 Å². The summed E-state index contributed by atoms with van der Waals surface area (Å²) in [5, 5.41) is 3.14. The lowest BCUT2D eigenvalue weighted by Gasteiger charge is -2.24. The molecule has 0 aromatic rings. The van der Waals surface area contributed by atoms with Crippen LogP contribution in [0.15, 0.2) is 0 Å². The van der Waals surface area contributed by atoms with E-state index in [2.05, 4.69) is 5.32 Å². The summed E-state index contributed by atoms with van der Waals surface area (Å²) in [6.45, 7) is 1.88. The predicted octanol–water partition coefficient (Wildman–Crippen LogP) is 0.982. The Labute approximate surface area is 96.4 Å². The first-order chi connectivity index (χ1) is 6.29. The zero-order valence-corrected chi connectivity index (χ0v) is 10.4. The fourth-order valence-electron chi connectivity index (χ4n) is 1.82. The van der Waals surface area contributed by atoms with E-state index in [0.29, 0.717) is 17.7 Å². The summed E-state index contributed by atoms with van der Waals surface area (Å²) in [5.41, 5.74) is 0. The van der Waals surface area contributed by atoms with Gasteiger partial charge in [0.25, 0.3) is 0 Å². The molecular formula is C9H19ClN2OS. The highest BCUT2D eigenvalue weighted by atomic mass is 35.5. The van der Waals surface area contributed by atoms with Gasteiger partial charge in [0.2, 0.25) is 5.91 Å². The van der Waals surface area contributed by atoms with E-state index < -0.39 is 0 Å². The van der Waals surface area contributed by atoms with Crippen molar-refractivity contribution in [2.24, 2.45) is 0 Å². The molecule has 1 aliphatic heterocycles. The normalized spacial score (nSPS) is 20.7.